The topological polar surface area (TPSA) is 34.7 Å². The number of alkyl halides is 1. The smallest absolute Gasteiger partial charge is 0.151 e. The van der Waals surface area contributed by atoms with Crippen LogP contribution in [0.25, 0.3) is 0 Å². The molecule has 0 radical (unpaired) electrons. The van der Waals surface area contributed by atoms with Crippen molar-refractivity contribution in [2.75, 3.05) is 5.33 Å². The third kappa shape index (κ3) is 1.39. The number of hydrogen-bond acceptors (Lipinski definition) is 3. The van der Waals surface area contributed by atoms with E-state index in [9.17, 15) is 0 Å². The summed E-state index contributed by atoms with van der Waals surface area (Å²) in [6.07, 6.45) is 2.61. The molecular weight excluding hydrogens is 222 g/mol. The molecule has 0 aromatic carbocycles. The minimum atomic E-state index is 0.157. The van der Waals surface area contributed by atoms with Crippen LogP contribution in [-0.2, 0) is 4.84 Å². The Morgan fingerprint density at radius 1 is 1.67 bits per heavy atom. The lowest BCUT2D eigenvalue weighted by atomic mass is 10.1. The molecule has 2 rings (SSSR count). The molecule has 64 valence electrons. The van der Waals surface area contributed by atoms with E-state index >= 15 is 0 Å². The Balaban J connectivity index is 2.09. The Labute approximate surface area is 78.5 Å². The zero-order valence-electron chi connectivity index (χ0n) is 6.37. The van der Waals surface area contributed by atoms with Crippen LogP contribution in [0.15, 0.2) is 28.0 Å². The third-order valence-corrected chi connectivity index (χ3v) is 2.43. The quantitative estimate of drug-likeness (QED) is 0.729. The fourth-order valence-electron chi connectivity index (χ4n) is 1.10. The second-order valence-corrected chi connectivity index (χ2v) is 3.25. The molecule has 0 N–H and O–H groups in total. The predicted octanol–water partition coefficient (Wildman–Crippen LogP) is 2.17. The van der Waals surface area contributed by atoms with Crippen LogP contribution < -0.4 is 0 Å². The van der Waals surface area contributed by atoms with Crippen LogP contribution in [0.4, 0.5) is 0 Å². The molecule has 3 nitrogen and oxygen atoms in total. The maximum absolute atomic E-state index is 5.18. The first-order valence-corrected chi connectivity index (χ1v) is 4.85. The lowest BCUT2D eigenvalue weighted by molar-refractivity contribution is 0.104. The molecule has 1 aromatic heterocycles. The molecule has 0 saturated heterocycles. The van der Waals surface area contributed by atoms with Gasteiger partial charge in [-0.05, 0) is 12.1 Å². The number of hydrogen-bond donors (Lipinski definition) is 0. The van der Waals surface area contributed by atoms with Gasteiger partial charge in [0.2, 0.25) is 0 Å². The first kappa shape index (κ1) is 7.86. The van der Waals surface area contributed by atoms with E-state index in [1.165, 1.54) is 0 Å². The highest BCUT2D eigenvalue weighted by atomic mass is 79.9. The molecule has 1 aromatic rings. The second-order valence-electron chi connectivity index (χ2n) is 2.60. The second kappa shape index (κ2) is 3.31. The molecule has 1 atom stereocenters. The van der Waals surface area contributed by atoms with E-state index in [-0.39, 0.29) is 6.10 Å². The van der Waals surface area contributed by atoms with Crippen molar-refractivity contribution in [3.05, 3.63) is 24.2 Å². The lowest BCUT2D eigenvalue weighted by Gasteiger charge is -1.99. The SMILES string of the molecule is BrCC1CC(c2ccco2)=NO1. The van der Waals surface area contributed by atoms with E-state index < -0.39 is 0 Å². The van der Waals surface area contributed by atoms with Gasteiger partial charge in [0.05, 0.1) is 6.26 Å². The monoisotopic (exact) mass is 229 g/mol. The van der Waals surface area contributed by atoms with Crippen LogP contribution in [0.1, 0.15) is 12.2 Å². The van der Waals surface area contributed by atoms with Crippen molar-refractivity contribution >= 4 is 21.6 Å². The van der Waals surface area contributed by atoms with Crippen molar-refractivity contribution < 1.29 is 9.25 Å². The summed E-state index contributed by atoms with van der Waals surface area (Å²) in [5.41, 5.74) is 0.893. The van der Waals surface area contributed by atoms with Crippen molar-refractivity contribution in [3.63, 3.8) is 0 Å². The molecule has 0 amide bonds. The third-order valence-electron chi connectivity index (χ3n) is 1.71. The van der Waals surface area contributed by atoms with E-state index in [4.69, 9.17) is 9.25 Å². The fraction of sp³-hybridized carbons (Fsp3) is 0.375. The van der Waals surface area contributed by atoms with Gasteiger partial charge in [-0.1, -0.05) is 21.1 Å². The lowest BCUT2D eigenvalue weighted by Crippen LogP contribution is -2.08. The van der Waals surface area contributed by atoms with Crippen LogP contribution in [0.5, 0.6) is 0 Å². The molecule has 0 bridgehead atoms. The minimum absolute atomic E-state index is 0.157. The summed E-state index contributed by atoms with van der Waals surface area (Å²) in [6, 6.07) is 3.73. The van der Waals surface area contributed by atoms with Gasteiger partial charge in [-0.3, -0.25) is 0 Å². The van der Waals surface area contributed by atoms with Crippen molar-refractivity contribution in [3.8, 4) is 0 Å². The van der Waals surface area contributed by atoms with E-state index in [1.807, 2.05) is 12.1 Å². The molecule has 1 unspecified atom stereocenters. The van der Waals surface area contributed by atoms with Crippen molar-refractivity contribution in [1.29, 1.82) is 0 Å². The Morgan fingerprint density at radius 3 is 3.17 bits per heavy atom. The van der Waals surface area contributed by atoms with E-state index in [0.29, 0.717) is 0 Å². The number of halogens is 1. The Hall–Kier alpha value is -0.770. The molecule has 2 heterocycles. The van der Waals surface area contributed by atoms with Gasteiger partial charge in [0, 0.05) is 11.8 Å². The van der Waals surface area contributed by atoms with Crippen LogP contribution in [0.3, 0.4) is 0 Å². The molecule has 0 fully saturated rings. The molecule has 0 saturated carbocycles. The molecule has 1 aliphatic rings. The van der Waals surface area contributed by atoms with Crippen molar-refractivity contribution in [2.24, 2.45) is 5.16 Å². The Kier molecular flexibility index (Phi) is 2.17. The summed E-state index contributed by atoms with van der Waals surface area (Å²) < 4.78 is 5.18. The summed E-state index contributed by atoms with van der Waals surface area (Å²) in [5.74, 6) is 0.804. The van der Waals surface area contributed by atoms with E-state index in [0.717, 1.165) is 23.2 Å². The average molecular weight is 230 g/mol. The van der Waals surface area contributed by atoms with Crippen LogP contribution >= 0.6 is 15.9 Å². The molecular formula is C8H8BrNO2. The molecule has 0 spiro atoms. The van der Waals surface area contributed by atoms with Crippen molar-refractivity contribution in [2.45, 2.75) is 12.5 Å². The maximum atomic E-state index is 5.18. The van der Waals surface area contributed by atoms with Gasteiger partial charge < -0.3 is 9.25 Å². The van der Waals surface area contributed by atoms with Crippen LogP contribution in [0.2, 0.25) is 0 Å². The fourth-order valence-corrected chi connectivity index (χ4v) is 1.45. The molecule has 1 aliphatic heterocycles. The standard InChI is InChI=1S/C8H8BrNO2/c9-5-6-4-7(10-12-6)8-2-1-3-11-8/h1-3,6H,4-5H2. The van der Waals surface area contributed by atoms with Gasteiger partial charge in [-0.15, -0.1) is 0 Å². The zero-order valence-corrected chi connectivity index (χ0v) is 7.95. The summed E-state index contributed by atoms with van der Waals surface area (Å²) in [6.45, 7) is 0. The van der Waals surface area contributed by atoms with Gasteiger partial charge in [0.15, 0.2) is 5.76 Å². The first-order chi connectivity index (χ1) is 5.90. The normalized spacial score (nSPS) is 22.1. The van der Waals surface area contributed by atoms with Crippen molar-refractivity contribution in [1.82, 2.24) is 0 Å². The van der Waals surface area contributed by atoms with Crippen LogP contribution in [-0.4, -0.2) is 17.1 Å². The molecule has 12 heavy (non-hydrogen) atoms. The number of furan rings is 1. The summed E-state index contributed by atoms with van der Waals surface area (Å²) in [4.78, 5) is 5.12. The van der Waals surface area contributed by atoms with Crippen LogP contribution in [0, 0.1) is 0 Å². The Morgan fingerprint density at radius 2 is 2.58 bits per heavy atom. The first-order valence-electron chi connectivity index (χ1n) is 3.72. The summed E-state index contributed by atoms with van der Waals surface area (Å²) in [7, 11) is 0. The van der Waals surface area contributed by atoms with Gasteiger partial charge >= 0.3 is 0 Å². The minimum Gasteiger partial charge on any atom is -0.463 e. The predicted molar refractivity (Wildman–Crippen MR) is 48.5 cm³/mol. The van der Waals surface area contributed by atoms with Gasteiger partial charge in [0.1, 0.15) is 11.8 Å². The number of nitrogens with zero attached hydrogens (tertiary/aromatic N) is 1. The highest BCUT2D eigenvalue weighted by molar-refractivity contribution is 9.09. The molecule has 4 heteroatoms. The molecule has 0 aliphatic carbocycles. The maximum Gasteiger partial charge on any atom is 0.151 e. The van der Waals surface area contributed by atoms with Gasteiger partial charge in [-0.2, -0.15) is 0 Å². The number of oxime groups is 1. The van der Waals surface area contributed by atoms with E-state index in [2.05, 4.69) is 21.1 Å². The summed E-state index contributed by atoms with van der Waals surface area (Å²) in [5, 5.41) is 4.73. The average Bonchev–Trinajstić information content (AvgIpc) is 2.75. The Bertz CT molecular complexity index is 281. The highest BCUT2D eigenvalue weighted by Crippen LogP contribution is 2.17. The van der Waals surface area contributed by atoms with E-state index in [1.54, 1.807) is 6.26 Å². The van der Waals surface area contributed by atoms with Gasteiger partial charge in [-0.25, -0.2) is 0 Å². The largest absolute Gasteiger partial charge is 0.463 e. The highest BCUT2D eigenvalue weighted by Gasteiger charge is 2.22. The number of rotatable bonds is 2. The van der Waals surface area contributed by atoms with Gasteiger partial charge in [0.25, 0.3) is 0 Å². The zero-order chi connectivity index (χ0) is 8.39. The summed E-state index contributed by atoms with van der Waals surface area (Å²) >= 11 is 3.34.